The van der Waals surface area contributed by atoms with E-state index in [0.29, 0.717) is 17.8 Å². The van der Waals surface area contributed by atoms with Gasteiger partial charge in [0.05, 0.1) is 11.2 Å². The van der Waals surface area contributed by atoms with Crippen molar-refractivity contribution in [1.29, 1.82) is 0 Å². The van der Waals surface area contributed by atoms with Crippen LogP contribution in [0.25, 0.3) is 0 Å². The largest absolute Gasteiger partial charge is 0.481 e. The lowest BCUT2D eigenvalue weighted by molar-refractivity contribution is -0.137. The molecule has 0 atom stereocenters. The lowest BCUT2D eigenvalue weighted by atomic mass is 10.3. The van der Waals surface area contributed by atoms with Crippen molar-refractivity contribution in [2.45, 2.75) is 19.8 Å². The van der Waals surface area contributed by atoms with Crippen molar-refractivity contribution >= 4 is 23.2 Å². The van der Waals surface area contributed by atoms with Gasteiger partial charge >= 0.3 is 5.97 Å². The number of aliphatic carboxylic acids is 1. The number of hydrogen-bond acceptors (Lipinski definition) is 4. The Morgan fingerprint density at radius 2 is 2.25 bits per heavy atom. The van der Waals surface area contributed by atoms with Crippen LogP contribution in [0.3, 0.4) is 0 Å². The minimum atomic E-state index is -0.838. The third-order valence-corrected chi connectivity index (χ3v) is 3.09. The van der Waals surface area contributed by atoms with Gasteiger partial charge in [0.15, 0.2) is 0 Å². The fraction of sp³-hybridized carbons (Fsp3) is 0.500. The van der Waals surface area contributed by atoms with Gasteiger partial charge in [-0.25, -0.2) is 4.98 Å². The number of carbonyl (C=O) groups is 2. The van der Waals surface area contributed by atoms with Crippen molar-refractivity contribution in [2.24, 2.45) is 0 Å². The number of aromatic nitrogens is 1. The Labute approximate surface area is 97.7 Å². The van der Waals surface area contributed by atoms with Crippen molar-refractivity contribution in [3.8, 4) is 0 Å². The Morgan fingerprint density at radius 1 is 1.56 bits per heavy atom. The molecule has 1 rings (SSSR count). The van der Waals surface area contributed by atoms with Gasteiger partial charge in [-0.3, -0.25) is 9.59 Å². The molecule has 1 amide bonds. The average Bonchev–Trinajstić information content (AvgIpc) is 2.62. The van der Waals surface area contributed by atoms with E-state index in [9.17, 15) is 9.59 Å². The molecule has 0 radical (unpaired) electrons. The molecule has 0 bridgehead atoms. The number of carboxylic acid groups (broad SMARTS) is 1. The van der Waals surface area contributed by atoms with Crippen molar-refractivity contribution < 1.29 is 14.7 Å². The normalized spacial score (nSPS) is 10.1. The summed E-state index contributed by atoms with van der Waals surface area (Å²) in [7, 11) is 1.67. The van der Waals surface area contributed by atoms with Crippen LogP contribution >= 0.6 is 11.3 Å². The first-order valence-corrected chi connectivity index (χ1v) is 5.77. The third-order valence-electron chi connectivity index (χ3n) is 2.17. The van der Waals surface area contributed by atoms with E-state index in [-0.39, 0.29) is 12.3 Å². The van der Waals surface area contributed by atoms with Gasteiger partial charge in [-0.1, -0.05) is 0 Å². The lowest BCUT2D eigenvalue weighted by Gasteiger charge is -2.15. The number of carboxylic acids is 1. The van der Waals surface area contributed by atoms with E-state index >= 15 is 0 Å². The molecule has 1 aromatic heterocycles. The number of aryl methyl sites for hydroxylation is 1. The molecule has 0 aliphatic rings. The SMILES string of the molecule is Cc1ncsc1C(=O)N(C)CCCC(=O)O. The fourth-order valence-electron chi connectivity index (χ4n) is 1.25. The van der Waals surface area contributed by atoms with E-state index in [0.717, 1.165) is 5.69 Å². The highest BCUT2D eigenvalue weighted by Crippen LogP contribution is 2.14. The first-order valence-electron chi connectivity index (χ1n) is 4.89. The van der Waals surface area contributed by atoms with Crippen LogP contribution in [0.2, 0.25) is 0 Å². The molecule has 0 aliphatic heterocycles. The Bertz CT molecular complexity index is 389. The van der Waals surface area contributed by atoms with E-state index in [1.54, 1.807) is 19.5 Å². The topological polar surface area (TPSA) is 70.5 Å². The standard InChI is InChI=1S/C10H14N2O3S/c1-7-9(16-6-11-7)10(15)12(2)5-3-4-8(13)14/h6H,3-5H2,1-2H3,(H,13,14). The van der Waals surface area contributed by atoms with Crippen LogP contribution in [0.1, 0.15) is 28.2 Å². The quantitative estimate of drug-likeness (QED) is 0.847. The first kappa shape index (κ1) is 12.6. The van der Waals surface area contributed by atoms with Crippen LogP contribution in [-0.4, -0.2) is 40.5 Å². The van der Waals surface area contributed by atoms with Crippen LogP contribution in [0, 0.1) is 6.92 Å². The monoisotopic (exact) mass is 242 g/mol. The highest BCUT2D eigenvalue weighted by atomic mass is 32.1. The van der Waals surface area contributed by atoms with Gasteiger partial charge in [-0.05, 0) is 13.3 Å². The van der Waals surface area contributed by atoms with Gasteiger partial charge in [-0.15, -0.1) is 11.3 Å². The molecule has 1 heterocycles. The maximum absolute atomic E-state index is 11.9. The van der Waals surface area contributed by atoms with Crippen LogP contribution < -0.4 is 0 Å². The number of carbonyl (C=O) groups excluding carboxylic acids is 1. The summed E-state index contributed by atoms with van der Waals surface area (Å²) >= 11 is 1.31. The van der Waals surface area contributed by atoms with Gasteiger partial charge in [0.1, 0.15) is 4.88 Å². The second-order valence-electron chi connectivity index (χ2n) is 3.49. The summed E-state index contributed by atoms with van der Waals surface area (Å²) in [4.78, 5) is 28.3. The minimum Gasteiger partial charge on any atom is -0.481 e. The minimum absolute atomic E-state index is 0.0826. The zero-order chi connectivity index (χ0) is 12.1. The predicted octanol–water partition coefficient (Wildman–Crippen LogP) is 1.39. The van der Waals surface area contributed by atoms with Gasteiger partial charge in [0.25, 0.3) is 5.91 Å². The van der Waals surface area contributed by atoms with Crippen molar-refractivity contribution in [3.05, 3.63) is 16.1 Å². The molecule has 0 saturated carbocycles. The summed E-state index contributed by atoms with van der Waals surface area (Å²) in [5, 5.41) is 8.48. The fourth-order valence-corrected chi connectivity index (χ4v) is 2.05. The van der Waals surface area contributed by atoms with Gasteiger partial charge < -0.3 is 10.0 Å². The molecule has 0 unspecified atom stereocenters. The second kappa shape index (κ2) is 5.60. The molecule has 0 saturated heterocycles. The van der Waals surface area contributed by atoms with Crippen molar-refractivity contribution in [1.82, 2.24) is 9.88 Å². The number of hydrogen-bond donors (Lipinski definition) is 1. The smallest absolute Gasteiger partial charge is 0.303 e. The van der Waals surface area contributed by atoms with Crippen LogP contribution in [-0.2, 0) is 4.79 Å². The summed E-state index contributed by atoms with van der Waals surface area (Å²) in [6, 6.07) is 0. The van der Waals surface area contributed by atoms with Crippen LogP contribution in [0.15, 0.2) is 5.51 Å². The summed E-state index contributed by atoms with van der Waals surface area (Å²) in [6.45, 7) is 2.23. The molecular weight excluding hydrogens is 228 g/mol. The molecule has 5 nitrogen and oxygen atoms in total. The Kier molecular flexibility index (Phi) is 4.42. The van der Waals surface area contributed by atoms with Gasteiger partial charge in [0.2, 0.25) is 0 Å². The highest BCUT2D eigenvalue weighted by molar-refractivity contribution is 7.11. The molecule has 88 valence electrons. The van der Waals surface area contributed by atoms with E-state index < -0.39 is 5.97 Å². The highest BCUT2D eigenvalue weighted by Gasteiger charge is 2.16. The third kappa shape index (κ3) is 3.30. The Morgan fingerprint density at radius 3 is 2.75 bits per heavy atom. The molecule has 6 heteroatoms. The molecule has 16 heavy (non-hydrogen) atoms. The average molecular weight is 242 g/mol. The van der Waals surface area contributed by atoms with E-state index in [1.807, 2.05) is 0 Å². The van der Waals surface area contributed by atoms with Crippen LogP contribution in [0.4, 0.5) is 0 Å². The summed E-state index contributed by atoms with van der Waals surface area (Å²) in [5.74, 6) is -0.930. The summed E-state index contributed by atoms with van der Waals surface area (Å²) < 4.78 is 0. The van der Waals surface area contributed by atoms with E-state index in [2.05, 4.69) is 4.98 Å². The molecule has 0 aliphatic carbocycles. The molecule has 0 fully saturated rings. The first-order chi connectivity index (χ1) is 7.52. The summed E-state index contributed by atoms with van der Waals surface area (Å²) in [5.41, 5.74) is 2.35. The Hall–Kier alpha value is -1.43. The number of nitrogens with zero attached hydrogens (tertiary/aromatic N) is 2. The van der Waals surface area contributed by atoms with Crippen molar-refractivity contribution in [2.75, 3.05) is 13.6 Å². The van der Waals surface area contributed by atoms with E-state index in [1.165, 1.54) is 16.2 Å². The van der Waals surface area contributed by atoms with Gasteiger partial charge in [0, 0.05) is 20.0 Å². The lowest BCUT2D eigenvalue weighted by Crippen LogP contribution is -2.27. The maximum atomic E-state index is 11.9. The van der Waals surface area contributed by atoms with Crippen molar-refractivity contribution in [3.63, 3.8) is 0 Å². The maximum Gasteiger partial charge on any atom is 0.303 e. The molecule has 1 N–H and O–H groups in total. The molecule has 0 spiro atoms. The molecular formula is C10H14N2O3S. The molecule has 1 aromatic rings. The molecule has 0 aromatic carbocycles. The second-order valence-corrected chi connectivity index (χ2v) is 4.35. The van der Waals surface area contributed by atoms with Crippen LogP contribution in [0.5, 0.6) is 0 Å². The Balaban J connectivity index is 2.49. The van der Waals surface area contributed by atoms with E-state index in [4.69, 9.17) is 5.11 Å². The zero-order valence-corrected chi connectivity index (χ0v) is 10.1. The summed E-state index contributed by atoms with van der Waals surface area (Å²) in [6.07, 6.45) is 0.550. The van der Waals surface area contributed by atoms with Gasteiger partial charge in [-0.2, -0.15) is 0 Å². The predicted molar refractivity (Wildman–Crippen MR) is 60.7 cm³/mol. The number of thiazole rings is 1. The number of amides is 1. The number of rotatable bonds is 5. The zero-order valence-electron chi connectivity index (χ0n) is 9.27.